The van der Waals surface area contributed by atoms with Crippen LogP contribution in [0.3, 0.4) is 0 Å². The average Bonchev–Trinajstić information content (AvgIpc) is 2.67. The molecule has 1 aromatic carbocycles. The summed E-state index contributed by atoms with van der Waals surface area (Å²) in [6.07, 6.45) is 0.401. The van der Waals surface area contributed by atoms with Gasteiger partial charge in [0, 0.05) is 18.2 Å². The molecule has 0 radical (unpaired) electrons. The van der Waals surface area contributed by atoms with E-state index < -0.39 is 5.97 Å². The minimum Gasteiger partial charge on any atom is -0.465 e. The molecule has 1 saturated heterocycles. The maximum atomic E-state index is 11.7. The van der Waals surface area contributed by atoms with E-state index >= 15 is 0 Å². The third kappa shape index (κ3) is 2.47. The van der Waals surface area contributed by atoms with E-state index in [1.807, 2.05) is 0 Å². The molecule has 96 valence electrons. The number of esters is 1. The Hall–Kier alpha value is -1.20. The van der Waals surface area contributed by atoms with Crippen LogP contribution in [0.25, 0.3) is 0 Å². The third-order valence-electron chi connectivity index (χ3n) is 2.76. The second kappa shape index (κ2) is 5.20. The molecule has 0 spiro atoms. The van der Waals surface area contributed by atoms with Gasteiger partial charge in [-0.2, -0.15) is 12.6 Å². The second-order valence-electron chi connectivity index (χ2n) is 4.02. The summed E-state index contributed by atoms with van der Waals surface area (Å²) in [7, 11) is 1.31. The molecule has 0 N–H and O–H groups in total. The first kappa shape index (κ1) is 13.2. The fourth-order valence-corrected chi connectivity index (χ4v) is 2.49. The first-order valence-electron chi connectivity index (χ1n) is 5.39. The maximum Gasteiger partial charge on any atom is 0.337 e. The van der Waals surface area contributed by atoms with E-state index in [-0.39, 0.29) is 11.2 Å². The Morgan fingerprint density at radius 2 is 2.28 bits per heavy atom. The zero-order valence-electron chi connectivity index (χ0n) is 9.72. The fraction of sp³-hybridized carbons (Fsp3) is 0.333. The number of carbonyl (C=O) groups is 2. The van der Waals surface area contributed by atoms with Gasteiger partial charge in [-0.15, -0.1) is 0 Å². The topological polar surface area (TPSA) is 46.6 Å². The van der Waals surface area contributed by atoms with Crippen molar-refractivity contribution in [1.29, 1.82) is 0 Å². The van der Waals surface area contributed by atoms with Gasteiger partial charge in [-0.25, -0.2) is 4.79 Å². The van der Waals surface area contributed by atoms with Crippen molar-refractivity contribution >= 4 is 41.8 Å². The summed E-state index contributed by atoms with van der Waals surface area (Å²) in [6, 6.07) is 4.74. The fourth-order valence-electron chi connectivity index (χ4n) is 1.89. The summed E-state index contributed by atoms with van der Waals surface area (Å²) in [5.74, 6) is -0.467. The highest BCUT2D eigenvalue weighted by molar-refractivity contribution is 7.81. The summed E-state index contributed by atoms with van der Waals surface area (Å²) in [5, 5.41) is 0.377. The predicted octanol–water partition coefficient (Wildman–Crippen LogP) is 2.16. The van der Waals surface area contributed by atoms with Crippen LogP contribution in [0.15, 0.2) is 18.2 Å². The predicted molar refractivity (Wildman–Crippen MR) is 72.5 cm³/mol. The van der Waals surface area contributed by atoms with Crippen molar-refractivity contribution < 1.29 is 14.3 Å². The monoisotopic (exact) mass is 285 g/mol. The van der Waals surface area contributed by atoms with Crippen molar-refractivity contribution in [2.75, 3.05) is 18.6 Å². The molecule has 1 aromatic rings. The van der Waals surface area contributed by atoms with Crippen molar-refractivity contribution in [1.82, 2.24) is 0 Å². The lowest BCUT2D eigenvalue weighted by molar-refractivity contribution is -0.117. The van der Waals surface area contributed by atoms with Gasteiger partial charge in [-0.1, -0.05) is 11.6 Å². The number of carbonyl (C=O) groups excluding carboxylic acids is 2. The Bertz CT molecular complexity index is 506. The Balaban J connectivity index is 2.30. The van der Waals surface area contributed by atoms with Gasteiger partial charge in [0.15, 0.2) is 0 Å². The van der Waals surface area contributed by atoms with Gasteiger partial charge in [-0.05, 0) is 18.2 Å². The van der Waals surface area contributed by atoms with E-state index in [0.29, 0.717) is 29.2 Å². The lowest BCUT2D eigenvalue weighted by Crippen LogP contribution is -2.25. The summed E-state index contributed by atoms with van der Waals surface area (Å²) < 4.78 is 4.60. The number of rotatable bonds is 2. The van der Waals surface area contributed by atoms with Crippen LogP contribution in [-0.4, -0.2) is 30.8 Å². The molecule has 0 aliphatic carbocycles. The van der Waals surface area contributed by atoms with Gasteiger partial charge < -0.3 is 9.64 Å². The number of halogens is 1. The number of thiol groups is 1. The van der Waals surface area contributed by atoms with Crippen molar-refractivity contribution in [2.45, 2.75) is 11.7 Å². The van der Waals surface area contributed by atoms with Gasteiger partial charge in [0.2, 0.25) is 5.91 Å². The van der Waals surface area contributed by atoms with Gasteiger partial charge in [0.1, 0.15) is 0 Å². The highest BCUT2D eigenvalue weighted by Crippen LogP contribution is 2.31. The van der Waals surface area contributed by atoms with E-state index in [9.17, 15) is 9.59 Å². The number of methoxy groups -OCH3 is 1. The smallest absolute Gasteiger partial charge is 0.337 e. The first-order valence-corrected chi connectivity index (χ1v) is 6.28. The molecule has 0 saturated carbocycles. The van der Waals surface area contributed by atoms with Gasteiger partial charge in [0.25, 0.3) is 0 Å². The van der Waals surface area contributed by atoms with Crippen molar-refractivity contribution in [3.05, 3.63) is 28.8 Å². The van der Waals surface area contributed by atoms with Crippen molar-refractivity contribution in [3.8, 4) is 0 Å². The zero-order valence-corrected chi connectivity index (χ0v) is 11.4. The molecule has 0 aromatic heterocycles. The quantitative estimate of drug-likeness (QED) is 0.669. The Morgan fingerprint density at radius 3 is 2.78 bits per heavy atom. The summed E-state index contributed by atoms with van der Waals surface area (Å²) >= 11 is 10.4. The maximum absolute atomic E-state index is 11.7. The van der Waals surface area contributed by atoms with Crippen LogP contribution in [0.2, 0.25) is 5.02 Å². The van der Waals surface area contributed by atoms with Crippen LogP contribution in [0, 0.1) is 0 Å². The van der Waals surface area contributed by atoms with Crippen molar-refractivity contribution in [2.24, 2.45) is 0 Å². The molecular weight excluding hydrogens is 274 g/mol. The number of anilines is 1. The first-order chi connectivity index (χ1) is 8.52. The van der Waals surface area contributed by atoms with Gasteiger partial charge >= 0.3 is 5.97 Å². The molecule has 2 rings (SSSR count). The van der Waals surface area contributed by atoms with E-state index in [2.05, 4.69) is 17.4 Å². The summed E-state index contributed by atoms with van der Waals surface area (Å²) in [5.41, 5.74) is 0.964. The number of hydrogen-bond donors (Lipinski definition) is 1. The molecule has 4 nitrogen and oxygen atoms in total. The summed E-state index contributed by atoms with van der Waals surface area (Å²) in [4.78, 5) is 24.7. The van der Waals surface area contributed by atoms with E-state index in [1.165, 1.54) is 13.2 Å². The van der Waals surface area contributed by atoms with Crippen LogP contribution in [0.1, 0.15) is 16.8 Å². The minimum absolute atomic E-state index is 0.0114. The lowest BCUT2D eigenvalue weighted by atomic mass is 10.2. The van der Waals surface area contributed by atoms with Gasteiger partial charge in [-0.3, -0.25) is 4.79 Å². The molecule has 1 aliphatic rings. The number of hydrogen-bond acceptors (Lipinski definition) is 4. The Morgan fingerprint density at radius 1 is 1.56 bits per heavy atom. The Labute approximate surface area is 115 Å². The molecule has 0 bridgehead atoms. The minimum atomic E-state index is -0.455. The van der Waals surface area contributed by atoms with Gasteiger partial charge in [0.05, 0.1) is 23.4 Å². The van der Waals surface area contributed by atoms with Crippen LogP contribution >= 0.6 is 24.2 Å². The SMILES string of the molecule is COC(=O)c1ccc(N2CC(S)CC2=O)c(Cl)c1. The van der Waals surface area contributed by atoms with Crippen LogP contribution in [0.5, 0.6) is 0 Å². The zero-order chi connectivity index (χ0) is 13.3. The van der Waals surface area contributed by atoms with Crippen LogP contribution < -0.4 is 4.90 Å². The molecule has 1 heterocycles. The molecule has 1 amide bonds. The lowest BCUT2D eigenvalue weighted by Gasteiger charge is -2.17. The van der Waals surface area contributed by atoms with E-state index in [4.69, 9.17) is 11.6 Å². The number of amides is 1. The molecular formula is C12H12ClNO3S. The number of benzene rings is 1. The molecule has 6 heteroatoms. The van der Waals surface area contributed by atoms with E-state index in [1.54, 1.807) is 17.0 Å². The highest BCUT2D eigenvalue weighted by atomic mass is 35.5. The molecule has 1 unspecified atom stereocenters. The molecule has 1 atom stereocenters. The standard InChI is InChI=1S/C12H12ClNO3S/c1-17-12(16)7-2-3-10(9(13)4-7)14-6-8(18)5-11(14)15/h2-4,8,18H,5-6H2,1H3. The largest absolute Gasteiger partial charge is 0.465 e. The average molecular weight is 286 g/mol. The number of ether oxygens (including phenoxy) is 1. The Kier molecular flexibility index (Phi) is 3.82. The molecule has 1 aliphatic heterocycles. The normalized spacial score (nSPS) is 19.2. The highest BCUT2D eigenvalue weighted by Gasteiger charge is 2.29. The van der Waals surface area contributed by atoms with E-state index in [0.717, 1.165) is 0 Å². The third-order valence-corrected chi connectivity index (χ3v) is 3.41. The second-order valence-corrected chi connectivity index (χ2v) is 5.16. The molecule has 18 heavy (non-hydrogen) atoms. The number of nitrogens with zero attached hydrogens (tertiary/aromatic N) is 1. The van der Waals surface area contributed by atoms with Crippen LogP contribution in [0.4, 0.5) is 5.69 Å². The molecule has 1 fully saturated rings. The summed E-state index contributed by atoms with van der Waals surface area (Å²) in [6.45, 7) is 0.527. The van der Waals surface area contributed by atoms with Crippen molar-refractivity contribution in [3.63, 3.8) is 0 Å². The van der Waals surface area contributed by atoms with Crippen LogP contribution in [-0.2, 0) is 9.53 Å².